The summed E-state index contributed by atoms with van der Waals surface area (Å²) in [5, 5.41) is 4.54. The van der Waals surface area contributed by atoms with E-state index in [2.05, 4.69) is 192 Å². The number of hydrogen-bond donors (Lipinski definition) is 0. The van der Waals surface area contributed by atoms with Gasteiger partial charge in [0.05, 0.1) is 5.69 Å². The van der Waals surface area contributed by atoms with Gasteiger partial charge >= 0.3 is 13.8 Å². The Labute approximate surface area is 392 Å². The van der Waals surface area contributed by atoms with Crippen molar-refractivity contribution in [2.75, 3.05) is 9.80 Å². The van der Waals surface area contributed by atoms with Crippen molar-refractivity contribution in [1.82, 2.24) is 0 Å². The standard InChI is InChI=1S/2C30H18BNO2/c1-2-10-19(11-3-1)32-25-15-7-6-14-24(25)31-28-22(20-12-5-9-17-27(20)34-31)18-23-21-13-4-8-16-26(21)33-30(23)29(28)32;1-2-10-19(11-3-1)32-23-15-7-6-14-22(23)31-30-24(32)18-27-28(20-12-4-8-16-25(20)33-27)29(30)21-13-5-9-17-26(21)34-31/h2*1-18H. The first-order valence-electron chi connectivity index (χ1n) is 23.1. The number of para-hydroxylation sites is 8. The van der Waals surface area contributed by atoms with E-state index in [0.29, 0.717) is 0 Å². The molecule has 8 heteroatoms. The molecule has 0 amide bonds. The van der Waals surface area contributed by atoms with Crippen LogP contribution in [0.25, 0.3) is 66.1 Å². The van der Waals surface area contributed by atoms with E-state index in [-0.39, 0.29) is 13.8 Å². The first-order valence-corrected chi connectivity index (χ1v) is 23.1. The summed E-state index contributed by atoms with van der Waals surface area (Å²) in [6.07, 6.45) is 0. The highest BCUT2D eigenvalue weighted by Crippen LogP contribution is 2.50. The molecule has 4 aliphatic rings. The lowest BCUT2D eigenvalue weighted by molar-refractivity contribution is 0.589. The molecule has 4 aliphatic heterocycles. The van der Waals surface area contributed by atoms with Gasteiger partial charge in [0.25, 0.3) is 0 Å². The molecule has 0 radical (unpaired) electrons. The van der Waals surface area contributed by atoms with E-state index in [0.717, 1.165) is 112 Å². The third-order valence-electron chi connectivity index (χ3n) is 14.1. The first kappa shape index (κ1) is 37.4. The third kappa shape index (κ3) is 5.25. The van der Waals surface area contributed by atoms with Crippen molar-refractivity contribution in [1.29, 1.82) is 0 Å². The molecule has 6 nitrogen and oxygen atoms in total. The molecule has 0 spiro atoms. The summed E-state index contributed by atoms with van der Waals surface area (Å²) in [4.78, 5) is 4.68. The number of nitrogens with zero attached hydrogens (tertiary/aromatic N) is 2. The van der Waals surface area contributed by atoms with Crippen molar-refractivity contribution in [3.8, 4) is 33.8 Å². The molecule has 16 rings (SSSR count). The summed E-state index contributed by atoms with van der Waals surface area (Å²) in [5.74, 6) is 1.83. The zero-order valence-corrected chi connectivity index (χ0v) is 36.5. The molecule has 0 fully saturated rings. The fraction of sp³-hybridized carbons (Fsp3) is 0. The maximum absolute atomic E-state index is 6.73. The van der Waals surface area contributed by atoms with Crippen LogP contribution in [0.3, 0.4) is 0 Å². The first-order chi connectivity index (χ1) is 33.8. The number of benzene rings is 10. The highest BCUT2D eigenvalue weighted by molar-refractivity contribution is 6.87. The quantitative estimate of drug-likeness (QED) is 0.161. The molecular weight excluding hydrogens is 834 g/mol. The molecule has 0 bridgehead atoms. The lowest BCUT2D eigenvalue weighted by atomic mass is 9.49. The average molecular weight is 871 g/mol. The van der Waals surface area contributed by atoms with Crippen LogP contribution in [0.5, 0.6) is 11.5 Å². The molecule has 0 saturated carbocycles. The molecule has 0 saturated heterocycles. The summed E-state index contributed by atoms with van der Waals surface area (Å²) in [7, 11) is 0. The second-order valence-electron chi connectivity index (χ2n) is 17.8. The number of anilines is 6. The Morgan fingerprint density at radius 1 is 0.353 bits per heavy atom. The van der Waals surface area contributed by atoms with E-state index >= 15 is 0 Å². The smallest absolute Gasteiger partial charge is 0.431 e. The van der Waals surface area contributed by atoms with Crippen molar-refractivity contribution in [2.24, 2.45) is 0 Å². The predicted molar refractivity (Wildman–Crippen MR) is 279 cm³/mol. The van der Waals surface area contributed by atoms with E-state index in [4.69, 9.17) is 18.1 Å². The van der Waals surface area contributed by atoms with E-state index in [1.165, 1.54) is 22.1 Å². The molecular formula is C60H36B2N2O4. The number of furan rings is 2. The molecule has 0 N–H and O–H groups in total. The molecule has 316 valence electrons. The number of rotatable bonds is 2. The summed E-state index contributed by atoms with van der Waals surface area (Å²) < 4.78 is 26.5. The zero-order valence-electron chi connectivity index (χ0n) is 36.5. The van der Waals surface area contributed by atoms with Crippen LogP contribution in [0, 0.1) is 0 Å². The SMILES string of the molecule is c1ccc(N2c3ccccc3B3Oc4ccccc4-c4c3c2cc2oc3ccccc3c42)cc1.c1ccc(N2c3ccccc3B3Oc4ccccc4-c4cc5c(oc6ccccc65)c2c43)cc1. The van der Waals surface area contributed by atoms with E-state index in [9.17, 15) is 0 Å². The zero-order chi connectivity index (χ0) is 44.5. The Morgan fingerprint density at radius 2 is 0.882 bits per heavy atom. The van der Waals surface area contributed by atoms with E-state index in [1.54, 1.807) is 0 Å². The summed E-state index contributed by atoms with van der Waals surface area (Å²) in [6, 6.07) is 76.0. The van der Waals surface area contributed by atoms with Gasteiger partial charge in [0.2, 0.25) is 0 Å². The van der Waals surface area contributed by atoms with Crippen molar-refractivity contribution in [3.63, 3.8) is 0 Å². The van der Waals surface area contributed by atoms with Crippen LogP contribution in [0.1, 0.15) is 0 Å². The molecule has 2 aromatic heterocycles. The Bertz CT molecular complexity index is 4030. The van der Waals surface area contributed by atoms with Gasteiger partial charge in [0.1, 0.15) is 28.2 Å². The highest BCUT2D eigenvalue weighted by Gasteiger charge is 2.46. The van der Waals surface area contributed by atoms with Gasteiger partial charge in [-0.3, -0.25) is 0 Å². The summed E-state index contributed by atoms with van der Waals surface area (Å²) in [6.45, 7) is -0.386. The fourth-order valence-corrected chi connectivity index (χ4v) is 11.3. The Kier molecular flexibility index (Phi) is 7.86. The molecule has 0 atom stereocenters. The van der Waals surface area contributed by atoms with Crippen molar-refractivity contribution in [2.45, 2.75) is 0 Å². The van der Waals surface area contributed by atoms with Crippen LogP contribution < -0.4 is 41.0 Å². The molecule has 0 unspecified atom stereocenters. The summed E-state index contributed by atoms with van der Waals surface area (Å²) >= 11 is 0. The lowest BCUT2D eigenvalue weighted by Crippen LogP contribution is -2.56. The van der Waals surface area contributed by atoms with Crippen LogP contribution in [0.2, 0.25) is 0 Å². The second-order valence-corrected chi connectivity index (χ2v) is 17.8. The lowest BCUT2D eigenvalue weighted by Gasteiger charge is -2.39. The van der Waals surface area contributed by atoms with Crippen LogP contribution >= 0.6 is 0 Å². The van der Waals surface area contributed by atoms with Crippen molar-refractivity contribution in [3.05, 3.63) is 218 Å². The molecule has 0 aliphatic carbocycles. The monoisotopic (exact) mass is 870 g/mol. The summed E-state index contributed by atoms with van der Waals surface area (Å²) in [5.41, 5.74) is 19.5. The number of hydrogen-bond acceptors (Lipinski definition) is 6. The van der Waals surface area contributed by atoms with Crippen LogP contribution in [-0.4, -0.2) is 13.8 Å². The number of fused-ring (bicyclic) bond motifs is 16. The minimum absolute atomic E-state index is 0.186. The molecule has 68 heavy (non-hydrogen) atoms. The van der Waals surface area contributed by atoms with Gasteiger partial charge in [0, 0.05) is 78.1 Å². The minimum atomic E-state index is -0.200. The molecule has 10 aromatic carbocycles. The Hall–Kier alpha value is -8.87. The predicted octanol–water partition coefficient (Wildman–Crippen LogP) is 13.1. The van der Waals surface area contributed by atoms with Crippen LogP contribution in [-0.2, 0) is 0 Å². The third-order valence-corrected chi connectivity index (χ3v) is 14.1. The van der Waals surface area contributed by atoms with Crippen molar-refractivity contribution < 1.29 is 18.1 Å². The largest absolute Gasteiger partial charge is 0.551 e. The normalized spacial score (nSPS) is 13.4. The van der Waals surface area contributed by atoms with E-state index < -0.39 is 0 Å². The second kappa shape index (κ2) is 14.3. The Morgan fingerprint density at radius 3 is 1.60 bits per heavy atom. The molecule has 6 heterocycles. The van der Waals surface area contributed by atoms with Crippen molar-refractivity contribution >= 4 is 114 Å². The van der Waals surface area contributed by atoms with Gasteiger partial charge in [-0.1, -0.05) is 146 Å². The topological polar surface area (TPSA) is 51.2 Å². The van der Waals surface area contributed by atoms with Gasteiger partial charge in [0.15, 0.2) is 5.58 Å². The minimum Gasteiger partial charge on any atom is -0.551 e. The highest BCUT2D eigenvalue weighted by atomic mass is 16.4. The van der Waals surface area contributed by atoms with Gasteiger partial charge in [-0.15, -0.1) is 0 Å². The maximum Gasteiger partial charge on any atom is 0.431 e. The van der Waals surface area contributed by atoms with Crippen LogP contribution in [0.15, 0.2) is 227 Å². The van der Waals surface area contributed by atoms with E-state index in [1.807, 2.05) is 36.4 Å². The average Bonchev–Trinajstić information content (AvgIpc) is 3.98. The van der Waals surface area contributed by atoms with Gasteiger partial charge in [-0.05, 0) is 88.8 Å². The van der Waals surface area contributed by atoms with Gasteiger partial charge in [-0.25, -0.2) is 0 Å². The van der Waals surface area contributed by atoms with Gasteiger partial charge in [-0.2, -0.15) is 0 Å². The molecule has 12 aromatic rings. The Balaban J connectivity index is 0.000000124. The van der Waals surface area contributed by atoms with Crippen LogP contribution in [0.4, 0.5) is 34.1 Å². The maximum atomic E-state index is 6.73. The fourth-order valence-electron chi connectivity index (χ4n) is 11.3. The van der Waals surface area contributed by atoms with Gasteiger partial charge < -0.3 is 27.9 Å².